The monoisotopic (exact) mass is 416 g/mol. The van der Waals surface area contributed by atoms with Crippen LogP contribution < -0.4 is 5.56 Å². The molecule has 0 saturated heterocycles. The van der Waals surface area contributed by atoms with E-state index in [9.17, 15) is 9.59 Å². The second kappa shape index (κ2) is 8.36. The van der Waals surface area contributed by atoms with Crippen LogP contribution in [0.5, 0.6) is 0 Å². The smallest absolute Gasteiger partial charge is 0.263 e. The van der Waals surface area contributed by atoms with Crippen LogP contribution in [0, 0.1) is 6.92 Å². The minimum atomic E-state index is -0.179. The fraction of sp³-hybridized carbons (Fsp3) is 0.240. The van der Waals surface area contributed by atoms with E-state index in [1.165, 1.54) is 33.4 Å². The molecule has 0 aliphatic rings. The molecule has 0 N–H and O–H groups in total. The fourth-order valence-electron chi connectivity index (χ4n) is 3.51. The van der Waals surface area contributed by atoms with Gasteiger partial charge in [0.05, 0.1) is 18.3 Å². The van der Waals surface area contributed by atoms with Crippen LogP contribution in [0.25, 0.3) is 21.3 Å². The first kappa shape index (κ1) is 20.2. The molecule has 4 aromatic rings. The molecule has 0 fully saturated rings. The number of rotatable bonds is 6. The van der Waals surface area contributed by atoms with E-state index in [1.54, 1.807) is 0 Å². The lowest BCUT2D eigenvalue weighted by molar-refractivity contribution is 0.0970. The lowest BCUT2D eigenvalue weighted by Crippen LogP contribution is -2.24. The quantitative estimate of drug-likeness (QED) is 0.372. The summed E-state index contributed by atoms with van der Waals surface area (Å²) in [5.41, 5.74) is 4.66. The Kier molecular flexibility index (Phi) is 5.64. The standard InChI is InChI=1S/C25H24N2O2S/c1-4-17(3)18-9-11-20(12-10-18)22(28)13-27-15-26-24-23(25(27)29)21(14-30-24)19-7-5-16(2)6-8-19/h5-12,14-15,17H,4,13H2,1-3H3/t17-/m0/s1. The number of carbonyl (C=O) groups is 1. The number of ketones is 1. The van der Waals surface area contributed by atoms with Gasteiger partial charge in [-0.05, 0) is 30.4 Å². The van der Waals surface area contributed by atoms with E-state index in [1.807, 2.05) is 60.8 Å². The molecular weight excluding hydrogens is 392 g/mol. The zero-order chi connectivity index (χ0) is 21.3. The number of thiophene rings is 1. The SMILES string of the molecule is CC[C@H](C)c1ccc(C(=O)Cn2cnc3scc(-c4ccc(C)cc4)c3c2=O)cc1. The van der Waals surface area contributed by atoms with Crippen molar-refractivity contribution in [1.82, 2.24) is 9.55 Å². The number of Topliss-reactive ketones (excluding diaryl/α,β-unsaturated/α-hetero) is 1. The average Bonchev–Trinajstić information content (AvgIpc) is 3.20. The molecule has 2 aromatic carbocycles. The van der Waals surface area contributed by atoms with Crippen molar-refractivity contribution >= 4 is 27.3 Å². The highest BCUT2D eigenvalue weighted by atomic mass is 32.1. The number of hydrogen-bond acceptors (Lipinski definition) is 4. The third-order valence-electron chi connectivity index (χ3n) is 5.65. The van der Waals surface area contributed by atoms with Crippen LogP contribution in [-0.2, 0) is 6.54 Å². The van der Waals surface area contributed by atoms with Crippen molar-refractivity contribution in [2.45, 2.75) is 39.7 Å². The van der Waals surface area contributed by atoms with Gasteiger partial charge in [0.25, 0.3) is 5.56 Å². The number of aryl methyl sites for hydroxylation is 1. The van der Waals surface area contributed by atoms with Crippen molar-refractivity contribution in [2.24, 2.45) is 0 Å². The summed E-state index contributed by atoms with van der Waals surface area (Å²) in [6, 6.07) is 15.8. The highest BCUT2D eigenvalue weighted by Gasteiger charge is 2.15. The van der Waals surface area contributed by atoms with E-state index < -0.39 is 0 Å². The van der Waals surface area contributed by atoms with Crippen molar-refractivity contribution in [2.75, 3.05) is 0 Å². The number of carbonyl (C=O) groups excluding carboxylic acids is 1. The van der Waals surface area contributed by atoms with Crippen molar-refractivity contribution in [3.05, 3.63) is 87.3 Å². The average molecular weight is 417 g/mol. The van der Waals surface area contributed by atoms with Gasteiger partial charge in [-0.3, -0.25) is 14.2 Å². The Balaban J connectivity index is 1.65. The molecular formula is C25H24N2O2S. The summed E-state index contributed by atoms with van der Waals surface area (Å²) < 4.78 is 1.41. The molecule has 0 spiro atoms. The maximum absolute atomic E-state index is 13.2. The largest absolute Gasteiger partial charge is 0.292 e. The van der Waals surface area contributed by atoms with Crippen LogP contribution in [0.15, 0.2) is 65.0 Å². The minimum Gasteiger partial charge on any atom is -0.292 e. The van der Waals surface area contributed by atoms with Gasteiger partial charge in [-0.2, -0.15) is 0 Å². The maximum Gasteiger partial charge on any atom is 0.263 e. The molecule has 4 nitrogen and oxygen atoms in total. The molecule has 0 saturated carbocycles. The van der Waals surface area contributed by atoms with E-state index in [0.29, 0.717) is 21.7 Å². The summed E-state index contributed by atoms with van der Waals surface area (Å²) in [5.74, 6) is 0.364. The molecule has 0 bridgehead atoms. The Morgan fingerprint density at radius 1 is 1.10 bits per heavy atom. The van der Waals surface area contributed by atoms with Gasteiger partial charge < -0.3 is 0 Å². The first-order valence-corrected chi connectivity index (χ1v) is 11.0. The third-order valence-corrected chi connectivity index (χ3v) is 6.54. The Morgan fingerprint density at radius 3 is 2.47 bits per heavy atom. The molecule has 2 heterocycles. The predicted octanol–water partition coefficient (Wildman–Crippen LogP) is 5.83. The van der Waals surface area contributed by atoms with Gasteiger partial charge in [-0.1, -0.05) is 67.9 Å². The molecule has 4 rings (SSSR count). The number of aromatic nitrogens is 2. The van der Waals surface area contributed by atoms with E-state index in [-0.39, 0.29) is 17.9 Å². The van der Waals surface area contributed by atoms with Crippen LogP contribution in [0.3, 0.4) is 0 Å². The van der Waals surface area contributed by atoms with Crippen LogP contribution in [0.1, 0.15) is 47.7 Å². The van der Waals surface area contributed by atoms with Crippen LogP contribution >= 0.6 is 11.3 Å². The normalized spacial score (nSPS) is 12.2. The Labute approximate surface area is 179 Å². The fourth-order valence-corrected chi connectivity index (χ4v) is 4.41. The summed E-state index contributed by atoms with van der Waals surface area (Å²) >= 11 is 1.45. The van der Waals surface area contributed by atoms with Gasteiger partial charge >= 0.3 is 0 Å². The summed E-state index contributed by atoms with van der Waals surface area (Å²) in [5, 5.41) is 2.54. The molecule has 0 aliphatic carbocycles. The highest BCUT2D eigenvalue weighted by Crippen LogP contribution is 2.30. The van der Waals surface area contributed by atoms with Gasteiger partial charge in [-0.15, -0.1) is 11.3 Å². The van der Waals surface area contributed by atoms with Gasteiger partial charge in [-0.25, -0.2) is 4.98 Å². The van der Waals surface area contributed by atoms with Crippen LogP contribution in [-0.4, -0.2) is 15.3 Å². The third kappa shape index (κ3) is 3.85. The molecule has 0 radical (unpaired) electrons. The van der Waals surface area contributed by atoms with Gasteiger partial charge in [0.2, 0.25) is 0 Å². The maximum atomic E-state index is 13.2. The van der Waals surface area contributed by atoms with Gasteiger partial charge in [0.15, 0.2) is 5.78 Å². The molecule has 0 amide bonds. The summed E-state index contributed by atoms with van der Waals surface area (Å²) in [6.07, 6.45) is 2.53. The van der Waals surface area contributed by atoms with Crippen molar-refractivity contribution < 1.29 is 4.79 Å². The first-order valence-electron chi connectivity index (χ1n) is 10.1. The highest BCUT2D eigenvalue weighted by molar-refractivity contribution is 7.17. The molecule has 0 aliphatic heterocycles. The minimum absolute atomic E-state index is 0.0202. The van der Waals surface area contributed by atoms with Crippen LogP contribution in [0.2, 0.25) is 0 Å². The van der Waals surface area contributed by atoms with Crippen molar-refractivity contribution in [3.63, 3.8) is 0 Å². The Bertz CT molecular complexity index is 1250. The Hall–Kier alpha value is -3.05. The number of benzene rings is 2. The number of fused-ring (bicyclic) bond motifs is 1. The van der Waals surface area contributed by atoms with Crippen LogP contribution in [0.4, 0.5) is 0 Å². The number of nitrogens with zero attached hydrogens (tertiary/aromatic N) is 2. The second-order valence-corrected chi connectivity index (χ2v) is 8.59. The first-order chi connectivity index (χ1) is 14.5. The van der Waals surface area contributed by atoms with Crippen molar-refractivity contribution in [1.29, 1.82) is 0 Å². The number of hydrogen-bond donors (Lipinski definition) is 0. The summed E-state index contributed by atoms with van der Waals surface area (Å²) in [4.78, 5) is 31.1. The molecule has 1 atom stereocenters. The molecule has 2 aromatic heterocycles. The molecule has 5 heteroatoms. The lowest BCUT2D eigenvalue weighted by atomic mass is 9.97. The van der Waals surface area contributed by atoms with Gasteiger partial charge in [0, 0.05) is 16.5 Å². The topological polar surface area (TPSA) is 52.0 Å². The van der Waals surface area contributed by atoms with Gasteiger partial charge in [0.1, 0.15) is 4.83 Å². The molecule has 152 valence electrons. The predicted molar refractivity (Wildman–Crippen MR) is 124 cm³/mol. The molecule has 30 heavy (non-hydrogen) atoms. The molecule has 0 unspecified atom stereocenters. The van der Waals surface area contributed by atoms with E-state index in [4.69, 9.17) is 0 Å². The van der Waals surface area contributed by atoms with E-state index in [2.05, 4.69) is 18.8 Å². The second-order valence-electron chi connectivity index (χ2n) is 7.73. The zero-order valence-corrected chi connectivity index (χ0v) is 18.2. The van der Waals surface area contributed by atoms with E-state index in [0.717, 1.165) is 17.5 Å². The lowest BCUT2D eigenvalue weighted by Gasteiger charge is -2.10. The summed E-state index contributed by atoms with van der Waals surface area (Å²) in [6.45, 7) is 6.33. The summed E-state index contributed by atoms with van der Waals surface area (Å²) in [7, 11) is 0. The Morgan fingerprint density at radius 2 is 1.80 bits per heavy atom. The van der Waals surface area contributed by atoms with E-state index >= 15 is 0 Å². The van der Waals surface area contributed by atoms with Crippen molar-refractivity contribution in [3.8, 4) is 11.1 Å². The zero-order valence-electron chi connectivity index (χ0n) is 17.4.